The quantitative estimate of drug-likeness (QED) is 0.290. The second-order valence-electron chi connectivity index (χ2n) is 0.495. The molecule has 0 saturated carbocycles. The lowest BCUT2D eigenvalue weighted by molar-refractivity contribution is 0.823. The van der Waals surface area contributed by atoms with Gasteiger partial charge in [-0.15, -0.1) is 0 Å². The van der Waals surface area contributed by atoms with Crippen molar-refractivity contribution in [3.05, 3.63) is 0 Å². The van der Waals surface area contributed by atoms with Gasteiger partial charge >= 0.3 is 22.8 Å². The molecule has 0 saturated heterocycles. The van der Waals surface area contributed by atoms with Crippen molar-refractivity contribution in [1.29, 1.82) is 0 Å². The van der Waals surface area contributed by atoms with Crippen LogP contribution in [0.25, 0.3) is 0 Å². The first-order valence-corrected chi connectivity index (χ1v) is 11.8. The van der Waals surface area contributed by atoms with E-state index in [2.05, 4.69) is 0 Å². The molecular formula is H24Al2Cl6O12. The molecule has 0 fully saturated rings. The van der Waals surface area contributed by atoms with Crippen molar-refractivity contribution < 1.29 is 65.7 Å². The Balaban J connectivity index is -0.00000000187. The van der Waals surface area contributed by atoms with Crippen LogP contribution in [0.3, 0.4) is 0 Å². The Kier molecular flexibility index (Phi) is 931. The second-order valence-corrected chi connectivity index (χ2v) is 13.4. The van der Waals surface area contributed by atoms with Crippen LogP contribution < -0.4 is 0 Å². The monoisotopic (exact) mass is 480 g/mol. The van der Waals surface area contributed by atoms with Crippen LogP contribution in [0.15, 0.2) is 0 Å². The summed E-state index contributed by atoms with van der Waals surface area (Å²) in [6.07, 6.45) is 0. The average molecular weight is 483 g/mol. The third kappa shape index (κ3) is 1400. The van der Waals surface area contributed by atoms with Gasteiger partial charge in [0, 0.05) is 0 Å². The number of hydrogen-bond acceptors (Lipinski definition) is 0. The Hall–Kier alpha value is 2.32. The topological polar surface area (TPSA) is 378 Å². The third-order valence-electron chi connectivity index (χ3n) is 0. The smallest absolute Gasteiger partial charge is 0.412 e. The van der Waals surface area contributed by atoms with E-state index in [0.29, 0.717) is 0 Å². The predicted molar refractivity (Wildman–Crippen MR) is 90.0 cm³/mol. The molecule has 0 aliphatic carbocycles. The first-order valence-electron chi connectivity index (χ1n) is 1.31. The lowest BCUT2D eigenvalue weighted by Gasteiger charge is -1.57. The van der Waals surface area contributed by atoms with Gasteiger partial charge in [-0.2, -0.15) is 0 Å². The molecule has 0 rings (SSSR count). The molecular weight excluding hydrogens is 459 g/mol. The highest BCUT2D eigenvalue weighted by Crippen LogP contribution is 1.97. The van der Waals surface area contributed by atoms with Crippen molar-refractivity contribution in [2.75, 3.05) is 0 Å². The van der Waals surface area contributed by atoms with Gasteiger partial charge in [-0.1, -0.05) is 0 Å². The van der Waals surface area contributed by atoms with Crippen molar-refractivity contribution in [1.82, 2.24) is 0 Å². The first kappa shape index (κ1) is 146. The summed E-state index contributed by atoms with van der Waals surface area (Å²) in [5.74, 6) is 0. The normalized spacial score (nSPS) is 2.70. The van der Waals surface area contributed by atoms with Gasteiger partial charge < -0.3 is 65.7 Å². The lowest BCUT2D eigenvalue weighted by Crippen LogP contribution is -1.66. The van der Waals surface area contributed by atoms with E-state index in [1.807, 2.05) is 0 Å². The van der Waals surface area contributed by atoms with Gasteiger partial charge in [0.05, 0.1) is 0 Å². The van der Waals surface area contributed by atoms with E-state index in [1.54, 1.807) is 0 Å². The van der Waals surface area contributed by atoms with Gasteiger partial charge in [-0.05, 0) is 0 Å². The molecule has 0 aliphatic heterocycles. The molecule has 20 heavy (non-hydrogen) atoms. The molecule has 0 aromatic carbocycles. The van der Waals surface area contributed by atoms with Crippen LogP contribution in [0.4, 0.5) is 0 Å². The van der Waals surface area contributed by atoms with Crippen LogP contribution >= 0.6 is 60.3 Å². The molecule has 0 heterocycles. The summed E-state index contributed by atoms with van der Waals surface area (Å²) < 4.78 is 0. The maximum atomic E-state index is 4.94. The van der Waals surface area contributed by atoms with E-state index in [4.69, 9.17) is 60.3 Å². The molecule has 0 bridgehead atoms. The van der Waals surface area contributed by atoms with Gasteiger partial charge in [0.25, 0.3) is 0 Å². The molecule has 0 unspecified atom stereocenters. The highest BCUT2D eigenvalue weighted by Gasteiger charge is 2.00. The largest absolute Gasteiger partial charge is 0.643 e. The zero-order valence-electron chi connectivity index (χ0n) is 9.42. The molecule has 0 aliphatic rings. The van der Waals surface area contributed by atoms with E-state index in [-0.39, 0.29) is 65.7 Å². The molecule has 0 aromatic heterocycles. The summed E-state index contributed by atoms with van der Waals surface area (Å²) >= 11 is -3.44. The lowest BCUT2D eigenvalue weighted by atomic mass is 16.0. The van der Waals surface area contributed by atoms with Crippen LogP contribution in [0.1, 0.15) is 0 Å². The molecule has 144 valence electrons. The Labute approximate surface area is 148 Å². The minimum Gasteiger partial charge on any atom is -0.412 e. The molecule has 0 spiro atoms. The molecule has 0 atom stereocenters. The van der Waals surface area contributed by atoms with Crippen LogP contribution in [0.5, 0.6) is 0 Å². The summed E-state index contributed by atoms with van der Waals surface area (Å²) in [4.78, 5) is 0. The second kappa shape index (κ2) is 127. The van der Waals surface area contributed by atoms with Crippen molar-refractivity contribution >= 4 is 83.1 Å². The zero-order chi connectivity index (χ0) is 7.15. The van der Waals surface area contributed by atoms with Crippen LogP contribution in [0, 0.1) is 0 Å². The van der Waals surface area contributed by atoms with Gasteiger partial charge in [-0.25, -0.2) is 60.3 Å². The number of rotatable bonds is 0. The maximum absolute atomic E-state index is 4.94. The van der Waals surface area contributed by atoms with E-state index in [9.17, 15) is 0 Å². The fourth-order valence-electron chi connectivity index (χ4n) is 0. The highest BCUT2D eigenvalue weighted by molar-refractivity contribution is 7.54. The summed E-state index contributed by atoms with van der Waals surface area (Å²) in [6, 6.07) is 0. The first-order chi connectivity index (χ1) is 3.46. The number of hydrogen-bond donors (Lipinski definition) is 0. The van der Waals surface area contributed by atoms with Crippen LogP contribution in [-0.2, 0) is 0 Å². The fourth-order valence-corrected chi connectivity index (χ4v) is 0. The molecule has 0 radical (unpaired) electrons. The van der Waals surface area contributed by atoms with Crippen LogP contribution in [-0.4, -0.2) is 88.5 Å². The maximum Gasteiger partial charge on any atom is 0.643 e. The fraction of sp³-hybridized carbons (Fsp3) is 0. The van der Waals surface area contributed by atoms with Crippen LogP contribution in [0.2, 0.25) is 0 Å². The number of halogens is 6. The van der Waals surface area contributed by atoms with Crippen molar-refractivity contribution in [2.45, 2.75) is 0 Å². The van der Waals surface area contributed by atoms with E-state index < -0.39 is 22.8 Å². The standard InChI is InChI=1S/2Al.6ClH.12H2O/h;;6*1H;12*1H2/q2*+3;;;;;;;;;;;;;;;;;;/p-6. The van der Waals surface area contributed by atoms with Crippen molar-refractivity contribution in [3.63, 3.8) is 0 Å². The Morgan fingerprint density at radius 3 is 0.250 bits per heavy atom. The Morgan fingerprint density at radius 2 is 0.250 bits per heavy atom. The predicted octanol–water partition coefficient (Wildman–Crippen LogP) is -6.52. The van der Waals surface area contributed by atoms with E-state index >= 15 is 0 Å². The summed E-state index contributed by atoms with van der Waals surface area (Å²) in [7, 11) is 29.7. The van der Waals surface area contributed by atoms with Crippen molar-refractivity contribution in [2.24, 2.45) is 0 Å². The molecule has 20 heteroatoms. The van der Waals surface area contributed by atoms with Gasteiger partial charge in [0.2, 0.25) is 0 Å². The van der Waals surface area contributed by atoms with E-state index in [0.717, 1.165) is 0 Å². The molecule has 24 N–H and O–H groups in total. The SMILES string of the molecule is O.O.O.O.O.O.O.O.O.O.O.O.[Cl][Al]([Cl])[Cl].[Cl][Al]([Cl])[Cl]. The minimum atomic E-state index is -1.72. The highest BCUT2D eigenvalue weighted by atomic mass is 35.8. The van der Waals surface area contributed by atoms with Gasteiger partial charge in [0.1, 0.15) is 0 Å². The Morgan fingerprint density at radius 1 is 0.250 bits per heavy atom. The average Bonchev–Trinajstić information content (AvgIpc) is 1.25. The zero-order valence-corrected chi connectivity index (χ0v) is 16.3. The molecule has 12 nitrogen and oxygen atoms in total. The van der Waals surface area contributed by atoms with Gasteiger partial charge in [0.15, 0.2) is 0 Å². The van der Waals surface area contributed by atoms with E-state index in [1.165, 1.54) is 0 Å². The third-order valence-corrected chi connectivity index (χ3v) is 0. The molecule has 0 amide bonds. The summed E-state index contributed by atoms with van der Waals surface area (Å²) in [6.45, 7) is 0. The minimum absolute atomic E-state index is 0. The summed E-state index contributed by atoms with van der Waals surface area (Å²) in [5.41, 5.74) is 0. The van der Waals surface area contributed by atoms with Gasteiger partial charge in [-0.3, -0.25) is 0 Å². The Bertz CT molecular complexity index is 41.4. The molecule has 0 aromatic rings. The van der Waals surface area contributed by atoms with Crippen molar-refractivity contribution in [3.8, 4) is 0 Å². The summed E-state index contributed by atoms with van der Waals surface area (Å²) in [5, 5.41) is 0.